The summed E-state index contributed by atoms with van der Waals surface area (Å²) in [6.45, 7) is 5.51. The lowest BCUT2D eigenvalue weighted by atomic mass is 9.97. The maximum Gasteiger partial charge on any atom is 0.138 e. The minimum absolute atomic E-state index is 0.233. The van der Waals surface area contributed by atoms with Crippen LogP contribution in [-0.4, -0.2) is 38.7 Å². The van der Waals surface area contributed by atoms with Crippen molar-refractivity contribution in [1.82, 2.24) is 14.8 Å². The molecule has 0 saturated carbocycles. The zero-order valence-electron chi connectivity index (χ0n) is 9.83. The van der Waals surface area contributed by atoms with E-state index in [1.165, 1.54) is 0 Å². The normalized spacial score (nSPS) is 27.2. The largest absolute Gasteiger partial charge is 0.392 e. The zero-order valence-corrected chi connectivity index (χ0v) is 9.83. The molecule has 1 N–H and O–H groups in total. The van der Waals surface area contributed by atoms with Crippen LogP contribution in [-0.2, 0) is 17.7 Å². The van der Waals surface area contributed by atoms with Crippen LogP contribution in [0, 0.1) is 5.92 Å². The molecule has 0 radical (unpaired) electrons. The van der Waals surface area contributed by atoms with Gasteiger partial charge >= 0.3 is 0 Å². The SMILES string of the molecule is CCn1ncnc1CC(O)C1COC(C)C1. The van der Waals surface area contributed by atoms with Crippen LogP contribution in [0.1, 0.15) is 26.1 Å². The average molecular weight is 225 g/mol. The summed E-state index contributed by atoms with van der Waals surface area (Å²) in [5, 5.41) is 14.2. The molecular formula is C11H19N3O2. The van der Waals surface area contributed by atoms with E-state index in [1.54, 1.807) is 6.33 Å². The third-order valence-corrected chi connectivity index (χ3v) is 3.16. The van der Waals surface area contributed by atoms with Crippen molar-refractivity contribution < 1.29 is 9.84 Å². The summed E-state index contributed by atoms with van der Waals surface area (Å²) in [4.78, 5) is 4.17. The van der Waals surface area contributed by atoms with Gasteiger partial charge in [0.05, 0.1) is 18.8 Å². The maximum absolute atomic E-state index is 10.1. The van der Waals surface area contributed by atoms with Crippen LogP contribution in [0.3, 0.4) is 0 Å². The van der Waals surface area contributed by atoms with Gasteiger partial charge in [0.15, 0.2) is 0 Å². The molecule has 16 heavy (non-hydrogen) atoms. The number of aliphatic hydroxyl groups is 1. The Morgan fingerprint density at radius 3 is 3.12 bits per heavy atom. The molecule has 2 rings (SSSR count). The van der Waals surface area contributed by atoms with Crippen LogP contribution in [0.25, 0.3) is 0 Å². The summed E-state index contributed by atoms with van der Waals surface area (Å²) in [5.74, 6) is 1.09. The smallest absolute Gasteiger partial charge is 0.138 e. The van der Waals surface area contributed by atoms with Gasteiger partial charge < -0.3 is 9.84 Å². The lowest BCUT2D eigenvalue weighted by Crippen LogP contribution is -2.25. The van der Waals surface area contributed by atoms with E-state index < -0.39 is 0 Å². The summed E-state index contributed by atoms with van der Waals surface area (Å²) in [7, 11) is 0. The van der Waals surface area contributed by atoms with Crippen LogP contribution in [0.15, 0.2) is 6.33 Å². The molecule has 90 valence electrons. The highest BCUT2D eigenvalue weighted by Crippen LogP contribution is 2.23. The topological polar surface area (TPSA) is 60.2 Å². The lowest BCUT2D eigenvalue weighted by Gasteiger charge is -2.16. The molecule has 1 aromatic rings. The first kappa shape index (κ1) is 11.5. The van der Waals surface area contributed by atoms with Gasteiger partial charge in [0, 0.05) is 18.9 Å². The van der Waals surface area contributed by atoms with Crippen molar-refractivity contribution in [3.8, 4) is 0 Å². The molecule has 1 aliphatic rings. The van der Waals surface area contributed by atoms with Crippen LogP contribution >= 0.6 is 0 Å². The van der Waals surface area contributed by atoms with E-state index >= 15 is 0 Å². The Labute approximate surface area is 95.4 Å². The molecule has 0 aromatic carbocycles. The van der Waals surface area contributed by atoms with Gasteiger partial charge in [-0.1, -0.05) is 0 Å². The Morgan fingerprint density at radius 1 is 1.69 bits per heavy atom. The van der Waals surface area contributed by atoms with Gasteiger partial charge in [-0.15, -0.1) is 0 Å². The summed E-state index contributed by atoms with van der Waals surface area (Å²) in [5.41, 5.74) is 0. The van der Waals surface area contributed by atoms with E-state index in [4.69, 9.17) is 4.74 Å². The van der Waals surface area contributed by atoms with Crippen LogP contribution in [0.4, 0.5) is 0 Å². The number of hydrogen-bond donors (Lipinski definition) is 1. The van der Waals surface area contributed by atoms with Gasteiger partial charge in [-0.2, -0.15) is 5.10 Å². The first-order valence-corrected chi connectivity index (χ1v) is 5.87. The fourth-order valence-electron chi connectivity index (χ4n) is 2.18. The first-order chi connectivity index (χ1) is 7.70. The van der Waals surface area contributed by atoms with E-state index in [0.29, 0.717) is 13.0 Å². The van der Waals surface area contributed by atoms with Gasteiger partial charge in [0.1, 0.15) is 12.2 Å². The van der Waals surface area contributed by atoms with Crippen LogP contribution in [0.2, 0.25) is 0 Å². The first-order valence-electron chi connectivity index (χ1n) is 5.87. The lowest BCUT2D eigenvalue weighted by molar-refractivity contribution is 0.0790. The van der Waals surface area contributed by atoms with Crippen molar-refractivity contribution in [2.75, 3.05) is 6.61 Å². The minimum atomic E-state index is -0.376. The number of hydrogen-bond acceptors (Lipinski definition) is 4. The van der Waals surface area contributed by atoms with Crippen LogP contribution < -0.4 is 0 Å². The quantitative estimate of drug-likeness (QED) is 0.816. The van der Waals surface area contributed by atoms with Crippen molar-refractivity contribution in [1.29, 1.82) is 0 Å². The molecule has 0 amide bonds. The van der Waals surface area contributed by atoms with Crippen molar-refractivity contribution >= 4 is 0 Å². The highest BCUT2D eigenvalue weighted by atomic mass is 16.5. The summed E-state index contributed by atoms with van der Waals surface area (Å²) >= 11 is 0. The molecule has 0 aliphatic carbocycles. The summed E-state index contributed by atoms with van der Waals surface area (Å²) < 4.78 is 7.28. The molecule has 1 fully saturated rings. The third kappa shape index (κ3) is 2.41. The second-order valence-corrected chi connectivity index (χ2v) is 4.40. The fourth-order valence-corrected chi connectivity index (χ4v) is 2.18. The fraction of sp³-hybridized carbons (Fsp3) is 0.818. The van der Waals surface area contributed by atoms with Gasteiger partial charge in [-0.3, -0.25) is 4.68 Å². The van der Waals surface area contributed by atoms with Gasteiger partial charge in [-0.05, 0) is 20.3 Å². The highest BCUT2D eigenvalue weighted by molar-refractivity contribution is 4.90. The molecule has 5 nitrogen and oxygen atoms in total. The van der Waals surface area contributed by atoms with Crippen molar-refractivity contribution in [3.63, 3.8) is 0 Å². The zero-order chi connectivity index (χ0) is 11.5. The number of rotatable bonds is 4. The van der Waals surface area contributed by atoms with Crippen LogP contribution in [0.5, 0.6) is 0 Å². The van der Waals surface area contributed by atoms with E-state index in [0.717, 1.165) is 18.8 Å². The molecule has 3 atom stereocenters. The van der Waals surface area contributed by atoms with Gasteiger partial charge in [-0.25, -0.2) is 4.98 Å². The standard InChI is InChI=1S/C11H19N3O2/c1-3-14-11(12-7-13-14)5-10(15)9-4-8(2)16-6-9/h7-10,15H,3-6H2,1-2H3. The molecule has 0 bridgehead atoms. The Morgan fingerprint density at radius 2 is 2.50 bits per heavy atom. The maximum atomic E-state index is 10.1. The van der Waals surface area contributed by atoms with Crippen molar-refractivity contribution in [3.05, 3.63) is 12.2 Å². The average Bonchev–Trinajstić information content (AvgIpc) is 2.86. The summed E-state index contributed by atoms with van der Waals surface area (Å²) in [6.07, 6.45) is 2.93. The second-order valence-electron chi connectivity index (χ2n) is 4.40. The third-order valence-electron chi connectivity index (χ3n) is 3.16. The molecule has 1 aliphatic heterocycles. The van der Waals surface area contributed by atoms with E-state index in [1.807, 2.05) is 18.5 Å². The summed E-state index contributed by atoms with van der Waals surface area (Å²) in [6, 6.07) is 0. The molecule has 3 unspecified atom stereocenters. The minimum Gasteiger partial charge on any atom is -0.392 e. The number of aliphatic hydroxyl groups excluding tert-OH is 1. The Balaban J connectivity index is 1.94. The Hall–Kier alpha value is -0.940. The molecular weight excluding hydrogens is 206 g/mol. The number of nitrogens with zero attached hydrogens (tertiary/aromatic N) is 3. The Bertz CT molecular complexity index is 340. The van der Waals surface area contributed by atoms with E-state index in [-0.39, 0.29) is 18.1 Å². The predicted molar refractivity (Wildman–Crippen MR) is 58.9 cm³/mol. The number of ether oxygens (including phenoxy) is 1. The number of aryl methyl sites for hydroxylation is 1. The molecule has 2 heterocycles. The van der Waals surface area contributed by atoms with Crippen molar-refractivity contribution in [2.24, 2.45) is 5.92 Å². The van der Waals surface area contributed by atoms with E-state index in [9.17, 15) is 5.11 Å². The van der Waals surface area contributed by atoms with Crippen molar-refractivity contribution in [2.45, 2.75) is 45.4 Å². The second kappa shape index (κ2) is 4.93. The molecule has 0 spiro atoms. The van der Waals surface area contributed by atoms with E-state index in [2.05, 4.69) is 10.1 Å². The molecule has 1 aromatic heterocycles. The molecule has 1 saturated heterocycles. The highest BCUT2D eigenvalue weighted by Gasteiger charge is 2.29. The predicted octanol–water partition coefficient (Wildman–Crippen LogP) is 0.626. The monoisotopic (exact) mass is 225 g/mol. The Kier molecular flexibility index (Phi) is 3.56. The molecule has 5 heteroatoms. The van der Waals surface area contributed by atoms with Gasteiger partial charge in [0.2, 0.25) is 0 Å². The number of aromatic nitrogens is 3. The van der Waals surface area contributed by atoms with Gasteiger partial charge in [0.25, 0.3) is 0 Å².